The topological polar surface area (TPSA) is 52.5 Å². The van der Waals surface area contributed by atoms with E-state index in [4.69, 9.17) is 5.26 Å². The summed E-state index contributed by atoms with van der Waals surface area (Å²) in [4.78, 5) is 6.67. The van der Waals surface area contributed by atoms with Gasteiger partial charge >= 0.3 is 0 Å². The number of nitriles is 1. The zero-order valence-corrected chi connectivity index (χ0v) is 6.14. The quantitative estimate of drug-likeness (QED) is 0.717. The van der Waals surface area contributed by atoms with E-state index >= 15 is 0 Å². The first-order chi connectivity index (χ1) is 4.34. The Morgan fingerprint density at radius 2 is 2.67 bits per heavy atom. The molecule has 9 heavy (non-hydrogen) atoms. The number of aromatic nitrogens is 2. The predicted octanol–water partition coefficient (Wildman–Crippen LogP) is 1.24. The molecule has 0 bridgehead atoms. The van der Waals surface area contributed by atoms with Crippen LogP contribution >= 0.6 is 15.9 Å². The summed E-state index contributed by atoms with van der Waals surface area (Å²) < 4.78 is 0.726. The van der Waals surface area contributed by atoms with Crippen molar-refractivity contribution in [1.82, 2.24) is 9.97 Å². The summed E-state index contributed by atoms with van der Waals surface area (Å²) in [7, 11) is 0. The Morgan fingerprint density at radius 1 is 1.89 bits per heavy atom. The second kappa shape index (κ2) is 2.65. The molecular weight excluding hydrogens is 182 g/mol. The fourth-order valence-corrected chi connectivity index (χ4v) is 0.864. The lowest BCUT2D eigenvalue weighted by Crippen LogP contribution is -1.80. The van der Waals surface area contributed by atoms with Crippen LogP contribution in [0.2, 0.25) is 0 Å². The zero-order chi connectivity index (χ0) is 6.69. The summed E-state index contributed by atoms with van der Waals surface area (Å²) >= 11 is 3.17. The Bertz CT molecular complexity index is 235. The maximum absolute atomic E-state index is 8.24. The molecule has 46 valence electrons. The minimum absolute atomic E-state index is 0.376. The number of halogens is 1. The normalized spacial score (nSPS) is 8.89. The second-order valence-corrected chi connectivity index (χ2v) is 2.26. The molecule has 1 rings (SSSR count). The van der Waals surface area contributed by atoms with Gasteiger partial charge in [0.1, 0.15) is 4.60 Å². The zero-order valence-electron chi connectivity index (χ0n) is 4.56. The lowest BCUT2D eigenvalue weighted by molar-refractivity contribution is 1.14. The Balaban J connectivity index is 2.84. The van der Waals surface area contributed by atoms with Crippen molar-refractivity contribution in [1.29, 1.82) is 5.26 Å². The Hall–Kier alpha value is -0.820. The largest absolute Gasteiger partial charge is 0.347 e. The standard InChI is InChI=1S/C5H4BrN3/c6-5-4(1-2-7)8-3-9-5/h3H,1H2,(H,8,9). The van der Waals surface area contributed by atoms with Crippen molar-refractivity contribution in [2.75, 3.05) is 0 Å². The SMILES string of the molecule is N#CCc1[nH]cnc1Br. The first kappa shape index (κ1) is 6.30. The number of nitrogens with one attached hydrogen (secondary N) is 1. The van der Waals surface area contributed by atoms with E-state index in [1.54, 1.807) is 6.33 Å². The fourth-order valence-electron chi connectivity index (χ4n) is 0.507. The van der Waals surface area contributed by atoms with Crippen LogP contribution in [0.4, 0.5) is 0 Å². The molecule has 0 radical (unpaired) electrons. The molecule has 1 aromatic heterocycles. The molecule has 0 aromatic carbocycles. The summed E-state index contributed by atoms with van der Waals surface area (Å²) in [5.41, 5.74) is 0.831. The first-order valence-corrected chi connectivity index (χ1v) is 3.18. The summed E-state index contributed by atoms with van der Waals surface area (Å²) in [6.45, 7) is 0. The van der Waals surface area contributed by atoms with Crippen molar-refractivity contribution in [3.8, 4) is 6.07 Å². The van der Waals surface area contributed by atoms with E-state index in [0.717, 1.165) is 10.3 Å². The minimum Gasteiger partial charge on any atom is -0.347 e. The van der Waals surface area contributed by atoms with Crippen molar-refractivity contribution in [3.05, 3.63) is 16.6 Å². The van der Waals surface area contributed by atoms with Gasteiger partial charge in [-0.05, 0) is 15.9 Å². The highest BCUT2D eigenvalue weighted by molar-refractivity contribution is 9.10. The Kier molecular flexibility index (Phi) is 1.85. The van der Waals surface area contributed by atoms with Crippen LogP contribution in [0.3, 0.4) is 0 Å². The highest BCUT2D eigenvalue weighted by Crippen LogP contribution is 2.09. The third-order valence-corrected chi connectivity index (χ3v) is 1.60. The van der Waals surface area contributed by atoms with Crippen molar-refractivity contribution in [2.24, 2.45) is 0 Å². The van der Waals surface area contributed by atoms with E-state index < -0.39 is 0 Å². The minimum atomic E-state index is 0.376. The van der Waals surface area contributed by atoms with Crippen LogP contribution in [0.25, 0.3) is 0 Å². The number of hydrogen-bond donors (Lipinski definition) is 1. The van der Waals surface area contributed by atoms with Gasteiger partial charge in [0.15, 0.2) is 0 Å². The van der Waals surface area contributed by atoms with Crippen molar-refractivity contribution in [2.45, 2.75) is 6.42 Å². The van der Waals surface area contributed by atoms with E-state index in [-0.39, 0.29) is 0 Å². The third-order valence-electron chi connectivity index (χ3n) is 0.922. The Morgan fingerprint density at radius 3 is 3.11 bits per heavy atom. The molecule has 1 N–H and O–H groups in total. The van der Waals surface area contributed by atoms with Crippen molar-refractivity contribution in [3.63, 3.8) is 0 Å². The third kappa shape index (κ3) is 1.30. The maximum Gasteiger partial charge on any atom is 0.128 e. The lowest BCUT2D eigenvalue weighted by Gasteiger charge is -1.83. The smallest absolute Gasteiger partial charge is 0.128 e. The van der Waals surface area contributed by atoms with Crippen LogP contribution in [0.5, 0.6) is 0 Å². The highest BCUT2D eigenvalue weighted by atomic mass is 79.9. The van der Waals surface area contributed by atoms with Gasteiger partial charge in [-0.25, -0.2) is 4.98 Å². The van der Waals surface area contributed by atoms with E-state index in [2.05, 4.69) is 25.9 Å². The molecule has 0 unspecified atom stereocenters. The molecule has 4 heteroatoms. The monoisotopic (exact) mass is 185 g/mol. The molecule has 0 aliphatic carbocycles. The molecule has 0 aliphatic heterocycles. The summed E-state index contributed by atoms with van der Waals surface area (Å²) in [5, 5.41) is 8.24. The van der Waals surface area contributed by atoms with Gasteiger partial charge in [-0.1, -0.05) is 0 Å². The molecule has 0 spiro atoms. The number of H-pyrrole nitrogens is 1. The fraction of sp³-hybridized carbons (Fsp3) is 0.200. The summed E-state index contributed by atoms with van der Waals surface area (Å²) in [5.74, 6) is 0. The van der Waals surface area contributed by atoms with Crippen molar-refractivity contribution < 1.29 is 0 Å². The highest BCUT2D eigenvalue weighted by Gasteiger charge is 1.98. The molecule has 1 aromatic rings. The van der Waals surface area contributed by atoms with Gasteiger partial charge in [-0.15, -0.1) is 0 Å². The van der Waals surface area contributed by atoms with Gasteiger partial charge in [0.2, 0.25) is 0 Å². The van der Waals surface area contributed by atoms with Gasteiger partial charge in [0.25, 0.3) is 0 Å². The molecule has 0 saturated carbocycles. The number of nitrogens with zero attached hydrogens (tertiary/aromatic N) is 2. The summed E-state index contributed by atoms with van der Waals surface area (Å²) in [6.07, 6.45) is 1.93. The molecular formula is C5H4BrN3. The number of rotatable bonds is 1. The van der Waals surface area contributed by atoms with Gasteiger partial charge in [0.05, 0.1) is 24.5 Å². The number of imidazole rings is 1. The van der Waals surface area contributed by atoms with Crippen LogP contribution in [0, 0.1) is 11.3 Å². The van der Waals surface area contributed by atoms with E-state index in [0.29, 0.717) is 6.42 Å². The maximum atomic E-state index is 8.24. The molecule has 0 amide bonds. The predicted molar refractivity (Wildman–Crippen MR) is 35.6 cm³/mol. The van der Waals surface area contributed by atoms with Crippen LogP contribution in [0.15, 0.2) is 10.9 Å². The van der Waals surface area contributed by atoms with Gasteiger partial charge in [0, 0.05) is 0 Å². The van der Waals surface area contributed by atoms with E-state index in [1.807, 2.05) is 6.07 Å². The molecule has 0 fully saturated rings. The number of aromatic amines is 1. The van der Waals surface area contributed by atoms with Gasteiger partial charge in [-0.2, -0.15) is 5.26 Å². The average molecular weight is 186 g/mol. The van der Waals surface area contributed by atoms with Crippen LogP contribution in [-0.4, -0.2) is 9.97 Å². The van der Waals surface area contributed by atoms with Crippen LogP contribution in [-0.2, 0) is 6.42 Å². The van der Waals surface area contributed by atoms with Gasteiger partial charge in [-0.3, -0.25) is 0 Å². The molecule has 0 saturated heterocycles. The van der Waals surface area contributed by atoms with Crippen molar-refractivity contribution >= 4 is 15.9 Å². The lowest BCUT2D eigenvalue weighted by atomic mass is 10.4. The molecule has 1 heterocycles. The molecule has 3 nitrogen and oxygen atoms in total. The summed E-state index contributed by atoms with van der Waals surface area (Å²) in [6, 6.07) is 2.01. The molecule has 0 atom stereocenters. The Labute approximate surface area is 60.9 Å². The second-order valence-electron chi connectivity index (χ2n) is 1.51. The number of hydrogen-bond acceptors (Lipinski definition) is 2. The first-order valence-electron chi connectivity index (χ1n) is 2.39. The van der Waals surface area contributed by atoms with Crippen LogP contribution < -0.4 is 0 Å². The van der Waals surface area contributed by atoms with Gasteiger partial charge < -0.3 is 4.98 Å². The average Bonchev–Trinajstić information content (AvgIpc) is 2.18. The van der Waals surface area contributed by atoms with Crippen LogP contribution in [0.1, 0.15) is 5.69 Å². The molecule has 0 aliphatic rings. The van der Waals surface area contributed by atoms with E-state index in [9.17, 15) is 0 Å². The van der Waals surface area contributed by atoms with E-state index in [1.165, 1.54) is 0 Å².